The zero-order chi connectivity index (χ0) is 13.1. The van der Waals surface area contributed by atoms with Gasteiger partial charge in [-0.1, -0.05) is 25.1 Å². The van der Waals surface area contributed by atoms with E-state index >= 15 is 0 Å². The Kier molecular flexibility index (Phi) is 4.25. The van der Waals surface area contributed by atoms with Gasteiger partial charge in [0.05, 0.1) is 24.9 Å². The molecule has 2 unspecified atom stereocenters. The molecule has 0 radical (unpaired) electrons. The number of para-hydroxylation sites is 1. The van der Waals surface area contributed by atoms with Crippen LogP contribution in [0.5, 0.6) is 0 Å². The summed E-state index contributed by atoms with van der Waals surface area (Å²) in [5.74, 6) is 0. The van der Waals surface area contributed by atoms with Gasteiger partial charge >= 0.3 is 0 Å². The maximum Gasteiger partial charge on any atom is 0.0781 e. The van der Waals surface area contributed by atoms with Gasteiger partial charge in [-0.2, -0.15) is 0 Å². The summed E-state index contributed by atoms with van der Waals surface area (Å²) in [6.45, 7) is 7.77. The highest BCUT2D eigenvalue weighted by molar-refractivity contribution is 5.55. The first-order valence-electron chi connectivity index (χ1n) is 6.78. The number of benzene rings is 1. The van der Waals surface area contributed by atoms with Crippen LogP contribution in [0.15, 0.2) is 24.3 Å². The summed E-state index contributed by atoms with van der Waals surface area (Å²) >= 11 is 0. The minimum Gasteiger partial charge on any atom is -0.389 e. The number of anilines is 1. The van der Waals surface area contributed by atoms with E-state index in [0.29, 0.717) is 6.04 Å². The van der Waals surface area contributed by atoms with Crippen molar-refractivity contribution in [2.45, 2.75) is 45.4 Å². The average Bonchev–Trinajstić information content (AvgIpc) is 2.38. The third-order valence-corrected chi connectivity index (χ3v) is 3.64. The SMILES string of the molecule is CCC1COC(C)CN1c1ccccc1[C@@H](C)O. The first kappa shape index (κ1) is 13.4. The van der Waals surface area contributed by atoms with Crippen LogP contribution >= 0.6 is 0 Å². The number of morpholine rings is 1. The molecule has 100 valence electrons. The highest BCUT2D eigenvalue weighted by atomic mass is 16.5. The van der Waals surface area contributed by atoms with Crippen LogP contribution in [-0.4, -0.2) is 30.4 Å². The molecular weight excluding hydrogens is 226 g/mol. The smallest absolute Gasteiger partial charge is 0.0781 e. The fourth-order valence-corrected chi connectivity index (χ4v) is 2.58. The predicted molar refractivity (Wildman–Crippen MR) is 73.9 cm³/mol. The van der Waals surface area contributed by atoms with Crippen molar-refractivity contribution in [3.05, 3.63) is 29.8 Å². The van der Waals surface area contributed by atoms with Crippen molar-refractivity contribution >= 4 is 5.69 Å². The van der Waals surface area contributed by atoms with Crippen LogP contribution < -0.4 is 4.90 Å². The average molecular weight is 249 g/mol. The van der Waals surface area contributed by atoms with Crippen molar-refractivity contribution in [1.82, 2.24) is 0 Å². The molecule has 18 heavy (non-hydrogen) atoms. The van der Waals surface area contributed by atoms with Crippen LogP contribution in [0.3, 0.4) is 0 Å². The molecule has 2 rings (SSSR count). The molecule has 0 aromatic heterocycles. The first-order chi connectivity index (χ1) is 8.63. The van der Waals surface area contributed by atoms with E-state index in [1.807, 2.05) is 25.1 Å². The zero-order valence-corrected chi connectivity index (χ0v) is 11.5. The van der Waals surface area contributed by atoms with Crippen molar-refractivity contribution in [1.29, 1.82) is 0 Å². The molecule has 1 fully saturated rings. The lowest BCUT2D eigenvalue weighted by Crippen LogP contribution is -2.49. The van der Waals surface area contributed by atoms with Gasteiger partial charge in [0.1, 0.15) is 0 Å². The number of aliphatic hydroxyl groups is 1. The Morgan fingerprint density at radius 3 is 2.83 bits per heavy atom. The van der Waals surface area contributed by atoms with Crippen LogP contribution in [-0.2, 0) is 4.74 Å². The number of rotatable bonds is 3. The van der Waals surface area contributed by atoms with Crippen LogP contribution in [0.2, 0.25) is 0 Å². The van der Waals surface area contributed by atoms with Crippen molar-refractivity contribution < 1.29 is 9.84 Å². The van der Waals surface area contributed by atoms with Gasteiger partial charge in [0.25, 0.3) is 0 Å². The second-order valence-corrected chi connectivity index (χ2v) is 5.09. The van der Waals surface area contributed by atoms with E-state index in [4.69, 9.17) is 4.74 Å². The van der Waals surface area contributed by atoms with Crippen LogP contribution in [0.1, 0.15) is 38.9 Å². The molecular formula is C15H23NO2. The Bertz CT molecular complexity index is 392. The van der Waals surface area contributed by atoms with E-state index in [2.05, 4.69) is 24.8 Å². The monoisotopic (exact) mass is 249 g/mol. The second-order valence-electron chi connectivity index (χ2n) is 5.09. The maximum absolute atomic E-state index is 9.90. The third kappa shape index (κ3) is 2.68. The minimum absolute atomic E-state index is 0.245. The molecule has 3 atom stereocenters. The summed E-state index contributed by atoms with van der Waals surface area (Å²) in [5.41, 5.74) is 2.15. The molecule has 0 spiro atoms. The lowest BCUT2D eigenvalue weighted by atomic mass is 10.0. The lowest BCUT2D eigenvalue weighted by Gasteiger charge is -2.41. The Labute approximate surface area is 109 Å². The molecule has 1 aliphatic heterocycles. The zero-order valence-electron chi connectivity index (χ0n) is 11.5. The van der Waals surface area contributed by atoms with E-state index in [1.54, 1.807) is 0 Å². The van der Waals surface area contributed by atoms with Gasteiger partial charge in [-0.05, 0) is 26.3 Å². The molecule has 1 aliphatic rings. The molecule has 1 saturated heterocycles. The summed E-state index contributed by atoms with van der Waals surface area (Å²) in [6.07, 6.45) is 0.868. The number of aliphatic hydroxyl groups excluding tert-OH is 1. The maximum atomic E-state index is 9.90. The topological polar surface area (TPSA) is 32.7 Å². The molecule has 1 aromatic rings. The quantitative estimate of drug-likeness (QED) is 0.894. The fourth-order valence-electron chi connectivity index (χ4n) is 2.58. The molecule has 0 aliphatic carbocycles. The van der Waals surface area contributed by atoms with Crippen LogP contribution in [0.4, 0.5) is 5.69 Å². The Hall–Kier alpha value is -1.06. The number of hydrogen-bond donors (Lipinski definition) is 1. The molecule has 0 saturated carbocycles. The van der Waals surface area contributed by atoms with Gasteiger partial charge in [0, 0.05) is 17.8 Å². The first-order valence-corrected chi connectivity index (χ1v) is 6.78. The number of hydrogen-bond acceptors (Lipinski definition) is 3. The highest BCUT2D eigenvalue weighted by Gasteiger charge is 2.27. The Balaban J connectivity index is 2.33. The van der Waals surface area contributed by atoms with Crippen molar-refractivity contribution in [3.8, 4) is 0 Å². The standard InChI is InChI=1S/C15H23NO2/c1-4-13-10-18-11(2)9-16(13)15-8-6-5-7-14(15)12(3)17/h5-8,11-13,17H,4,9-10H2,1-3H3/t11?,12-,13?/m1/s1. The predicted octanol–water partition coefficient (Wildman–Crippen LogP) is 2.74. The van der Waals surface area contributed by atoms with Gasteiger partial charge in [-0.25, -0.2) is 0 Å². The summed E-state index contributed by atoms with van der Waals surface area (Å²) in [5, 5.41) is 9.90. The normalized spacial score (nSPS) is 26.1. The van der Waals surface area contributed by atoms with E-state index in [0.717, 1.165) is 30.8 Å². The summed E-state index contributed by atoms with van der Waals surface area (Å²) in [6, 6.07) is 8.53. The van der Waals surface area contributed by atoms with Gasteiger partial charge < -0.3 is 14.7 Å². The summed E-state index contributed by atoms with van der Waals surface area (Å²) < 4.78 is 5.73. The Morgan fingerprint density at radius 2 is 2.17 bits per heavy atom. The molecule has 0 amide bonds. The molecule has 0 bridgehead atoms. The van der Waals surface area contributed by atoms with Gasteiger partial charge in [-0.3, -0.25) is 0 Å². The molecule has 1 N–H and O–H groups in total. The third-order valence-electron chi connectivity index (χ3n) is 3.64. The van der Waals surface area contributed by atoms with Gasteiger partial charge in [0.15, 0.2) is 0 Å². The fraction of sp³-hybridized carbons (Fsp3) is 0.600. The van der Waals surface area contributed by atoms with Crippen LogP contribution in [0, 0.1) is 0 Å². The van der Waals surface area contributed by atoms with Crippen molar-refractivity contribution in [2.24, 2.45) is 0 Å². The second kappa shape index (κ2) is 5.72. The summed E-state index contributed by atoms with van der Waals surface area (Å²) in [7, 11) is 0. The summed E-state index contributed by atoms with van der Waals surface area (Å²) in [4.78, 5) is 2.39. The van der Waals surface area contributed by atoms with Gasteiger partial charge in [-0.15, -0.1) is 0 Å². The molecule has 1 heterocycles. The highest BCUT2D eigenvalue weighted by Crippen LogP contribution is 2.30. The van der Waals surface area contributed by atoms with Crippen molar-refractivity contribution in [2.75, 3.05) is 18.1 Å². The molecule has 3 nitrogen and oxygen atoms in total. The molecule has 1 aromatic carbocycles. The minimum atomic E-state index is -0.433. The van der Waals surface area contributed by atoms with Gasteiger partial charge in [0.2, 0.25) is 0 Å². The Morgan fingerprint density at radius 1 is 1.44 bits per heavy atom. The van der Waals surface area contributed by atoms with Crippen LogP contribution in [0.25, 0.3) is 0 Å². The van der Waals surface area contributed by atoms with E-state index in [1.165, 1.54) is 0 Å². The molecule has 3 heteroatoms. The van der Waals surface area contributed by atoms with E-state index in [-0.39, 0.29) is 6.10 Å². The van der Waals surface area contributed by atoms with E-state index in [9.17, 15) is 5.11 Å². The lowest BCUT2D eigenvalue weighted by molar-refractivity contribution is 0.0297. The largest absolute Gasteiger partial charge is 0.389 e. The number of nitrogens with zero attached hydrogens (tertiary/aromatic N) is 1. The number of ether oxygens (including phenoxy) is 1. The van der Waals surface area contributed by atoms with E-state index < -0.39 is 6.10 Å². The van der Waals surface area contributed by atoms with Crippen molar-refractivity contribution in [3.63, 3.8) is 0 Å².